The lowest BCUT2D eigenvalue weighted by Crippen LogP contribution is -2.32. The van der Waals surface area contributed by atoms with Crippen LogP contribution in [0.4, 0.5) is 0 Å². The summed E-state index contributed by atoms with van der Waals surface area (Å²) in [6, 6.07) is 15.1. The summed E-state index contributed by atoms with van der Waals surface area (Å²) in [5, 5.41) is 0.594. The number of hydrogen-bond acceptors (Lipinski definition) is 3. The molecule has 2 nitrogen and oxygen atoms in total. The van der Waals surface area contributed by atoms with Crippen LogP contribution >= 0.6 is 23.4 Å². The van der Waals surface area contributed by atoms with Crippen molar-refractivity contribution in [2.45, 2.75) is 6.54 Å². The van der Waals surface area contributed by atoms with Crippen LogP contribution in [0.3, 0.4) is 0 Å². The molecule has 0 atom stereocenters. The molecule has 22 heavy (non-hydrogen) atoms. The lowest BCUT2D eigenvalue weighted by Gasteiger charge is -2.26. The van der Waals surface area contributed by atoms with Gasteiger partial charge in [0.1, 0.15) is 0 Å². The lowest BCUT2D eigenvalue weighted by molar-refractivity contribution is 0.103. The number of rotatable bonds is 4. The number of carbonyl (C=O) groups is 1. The van der Waals surface area contributed by atoms with Gasteiger partial charge in [-0.05, 0) is 17.7 Å². The van der Waals surface area contributed by atoms with Crippen LogP contribution in [-0.2, 0) is 6.54 Å². The van der Waals surface area contributed by atoms with Gasteiger partial charge in [0.2, 0.25) is 0 Å². The topological polar surface area (TPSA) is 20.3 Å². The molecule has 0 N–H and O–H groups in total. The SMILES string of the molecule is O=C(c1cccc(Cl)c1)c1ccccc1CN1CCSCC1. The Morgan fingerprint density at radius 1 is 1.09 bits per heavy atom. The van der Waals surface area contributed by atoms with Crippen LogP contribution < -0.4 is 0 Å². The summed E-state index contributed by atoms with van der Waals surface area (Å²) < 4.78 is 0. The van der Waals surface area contributed by atoms with Crippen molar-refractivity contribution < 1.29 is 4.79 Å². The Kier molecular flexibility index (Phi) is 5.19. The Balaban J connectivity index is 1.85. The molecule has 0 aromatic heterocycles. The molecule has 1 saturated heterocycles. The van der Waals surface area contributed by atoms with Gasteiger partial charge < -0.3 is 0 Å². The van der Waals surface area contributed by atoms with Crippen molar-refractivity contribution in [1.82, 2.24) is 4.90 Å². The Morgan fingerprint density at radius 2 is 1.86 bits per heavy atom. The van der Waals surface area contributed by atoms with Crippen molar-refractivity contribution in [3.63, 3.8) is 0 Å². The third-order valence-electron chi connectivity index (χ3n) is 3.85. The van der Waals surface area contributed by atoms with Crippen LogP contribution in [-0.4, -0.2) is 35.3 Å². The standard InChI is InChI=1S/C18H18ClNOS/c19-16-6-3-5-14(12-16)18(21)17-7-2-1-4-15(17)13-20-8-10-22-11-9-20/h1-7,12H,8-11,13H2. The number of halogens is 1. The summed E-state index contributed by atoms with van der Waals surface area (Å²) in [5.41, 5.74) is 2.52. The van der Waals surface area contributed by atoms with Crippen LogP contribution in [0.5, 0.6) is 0 Å². The summed E-state index contributed by atoms with van der Waals surface area (Å²) >= 11 is 8.00. The van der Waals surface area contributed by atoms with E-state index in [1.807, 2.05) is 42.1 Å². The maximum Gasteiger partial charge on any atom is 0.193 e. The summed E-state index contributed by atoms with van der Waals surface area (Å²) in [7, 11) is 0. The predicted octanol–water partition coefficient (Wildman–Crippen LogP) is 4.12. The highest BCUT2D eigenvalue weighted by molar-refractivity contribution is 7.99. The predicted molar refractivity (Wildman–Crippen MR) is 93.9 cm³/mol. The van der Waals surface area contributed by atoms with Crippen molar-refractivity contribution in [2.75, 3.05) is 24.6 Å². The summed E-state index contributed by atoms with van der Waals surface area (Å²) in [6.45, 7) is 3.01. The summed E-state index contributed by atoms with van der Waals surface area (Å²) in [4.78, 5) is 15.2. The van der Waals surface area contributed by atoms with E-state index in [-0.39, 0.29) is 5.78 Å². The summed E-state index contributed by atoms with van der Waals surface area (Å²) in [5.74, 6) is 2.39. The normalized spacial score (nSPS) is 15.7. The van der Waals surface area contributed by atoms with Gasteiger partial charge in [-0.3, -0.25) is 9.69 Å². The molecule has 0 radical (unpaired) electrons. The molecular weight excluding hydrogens is 314 g/mol. The molecule has 1 aliphatic heterocycles. The highest BCUT2D eigenvalue weighted by atomic mass is 35.5. The van der Waals surface area contributed by atoms with E-state index in [2.05, 4.69) is 11.0 Å². The molecule has 0 saturated carbocycles. The molecule has 0 aliphatic carbocycles. The maximum atomic E-state index is 12.8. The van der Waals surface area contributed by atoms with E-state index in [0.29, 0.717) is 10.6 Å². The molecule has 2 aromatic rings. The van der Waals surface area contributed by atoms with E-state index in [0.717, 1.165) is 30.8 Å². The van der Waals surface area contributed by atoms with Gasteiger partial charge in [0.15, 0.2) is 5.78 Å². The van der Waals surface area contributed by atoms with Gasteiger partial charge in [0.25, 0.3) is 0 Å². The Morgan fingerprint density at radius 3 is 2.64 bits per heavy atom. The molecule has 1 fully saturated rings. The fourth-order valence-corrected chi connectivity index (χ4v) is 3.83. The molecule has 0 amide bonds. The molecular formula is C18H18ClNOS. The Bertz CT molecular complexity index is 668. The van der Waals surface area contributed by atoms with Crippen LogP contribution in [0.15, 0.2) is 48.5 Å². The second kappa shape index (κ2) is 7.32. The quantitative estimate of drug-likeness (QED) is 0.786. The third-order valence-corrected chi connectivity index (χ3v) is 5.02. The Labute approximate surface area is 140 Å². The summed E-state index contributed by atoms with van der Waals surface area (Å²) in [6.07, 6.45) is 0. The zero-order valence-electron chi connectivity index (χ0n) is 12.3. The van der Waals surface area contributed by atoms with Crippen LogP contribution in [0.1, 0.15) is 21.5 Å². The average molecular weight is 332 g/mol. The first-order valence-corrected chi connectivity index (χ1v) is 8.95. The first-order chi connectivity index (χ1) is 10.7. The molecule has 3 rings (SSSR count). The fraction of sp³-hybridized carbons (Fsp3) is 0.278. The Hall–Kier alpha value is -1.29. The molecule has 0 bridgehead atoms. The number of hydrogen-bond donors (Lipinski definition) is 0. The zero-order valence-corrected chi connectivity index (χ0v) is 13.9. The van der Waals surface area contributed by atoms with E-state index in [1.54, 1.807) is 12.1 Å². The second-order valence-electron chi connectivity index (χ2n) is 5.39. The largest absolute Gasteiger partial charge is 0.297 e. The van der Waals surface area contributed by atoms with Crippen molar-refractivity contribution in [3.05, 3.63) is 70.2 Å². The molecule has 1 aliphatic rings. The maximum absolute atomic E-state index is 12.8. The van der Waals surface area contributed by atoms with Crippen molar-refractivity contribution >= 4 is 29.1 Å². The van der Waals surface area contributed by atoms with Crippen molar-refractivity contribution in [3.8, 4) is 0 Å². The first-order valence-electron chi connectivity index (χ1n) is 7.42. The third kappa shape index (κ3) is 3.72. The van der Waals surface area contributed by atoms with Gasteiger partial charge in [-0.15, -0.1) is 0 Å². The number of ketones is 1. The second-order valence-corrected chi connectivity index (χ2v) is 7.05. The van der Waals surface area contributed by atoms with Gasteiger partial charge in [-0.2, -0.15) is 11.8 Å². The lowest BCUT2D eigenvalue weighted by atomic mass is 9.98. The van der Waals surface area contributed by atoms with Crippen molar-refractivity contribution in [1.29, 1.82) is 0 Å². The number of nitrogens with zero attached hydrogens (tertiary/aromatic N) is 1. The van der Waals surface area contributed by atoms with Gasteiger partial charge in [0.05, 0.1) is 0 Å². The minimum atomic E-state index is 0.0458. The first kappa shape index (κ1) is 15.6. The van der Waals surface area contributed by atoms with Crippen LogP contribution in [0, 0.1) is 0 Å². The smallest absolute Gasteiger partial charge is 0.193 e. The van der Waals surface area contributed by atoms with E-state index < -0.39 is 0 Å². The molecule has 0 unspecified atom stereocenters. The van der Waals surface area contributed by atoms with Gasteiger partial charge in [0, 0.05) is 47.3 Å². The van der Waals surface area contributed by atoms with E-state index >= 15 is 0 Å². The zero-order chi connectivity index (χ0) is 15.4. The monoisotopic (exact) mass is 331 g/mol. The van der Waals surface area contributed by atoms with E-state index in [4.69, 9.17) is 11.6 Å². The number of benzene rings is 2. The average Bonchev–Trinajstić information content (AvgIpc) is 2.56. The highest BCUT2D eigenvalue weighted by Gasteiger charge is 2.17. The molecule has 4 heteroatoms. The highest BCUT2D eigenvalue weighted by Crippen LogP contribution is 2.20. The minimum absolute atomic E-state index is 0.0458. The van der Waals surface area contributed by atoms with Gasteiger partial charge >= 0.3 is 0 Å². The number of thioether (sulfide) groups is 1. The molecule has 1 heterocycles. The minimum Gasteiger partial charge on any atom is -0.297 e. The van der Waals surface area contributed by atoms with E-state index in [9.17, 15) is 4.79 Å². The van der Waals surface area contributed by atoms with Gasteiger partial charge in [-0.1, -0.05) is 48.0 Å². The van der Waals surface area contributed by atoms with E-state index in [1.165, 1.54) is 11.5 Å². The van der Waals surface area contributed by atoms with Crippen LogP contribution in [0.2, 0.25) is 5.02 Å². The number of carbonyl (C=O) groups excluding carboxylic acids is 1. The molecule has 114 valence electrons. The molecule has 0 spiro atoms. The van der Waals surface area contributed by atoms with Gasteiger partial charge in [-0.25, -0.2) is 0 Å². The molecule has 2 aromatic carbocycles. The fourth-order valence-electron chi connectivity index (χ4n) is 2.67. The van der Waals surface area contributed by atoms with Crippen LogP contribution in [0.25, 0.3) is 0 Å². The van der Waals surface area contributed by atoms with Crippen molar-refractivity contribution in [2.24, 2.45) is 0 Å².